The summed E-state index contributed by atoms with van der Waals surface area (Å²) in [5.41, 5.74) is 0. The minimum Gasteiger partial charge on any atom is -0.309 e. The van der Waals surface area contributed by atoms with Crippen LogP contribution in [-0.2, 0) is 14.4 Å². The molecule has 0 aromatic carbocycles. The first-order valence-electron chi connectivity index (χ1n) is 7.89. The largest absolute Gasteiger partial charge is 0.309 e. The third-order valence-electron chi connectivity index (χ3n) is 5.08. The molecule has 23 heavy (non-hydrogen) atoms. The summed E-state index contributed by atoms with van der Waals surface area (Å²) in [7, 11) is 0. The molecule has 1 aliphatic heterocycles. The molecule has 6 nitrogen and oxygen atoms in total. The quantitative estimate of drug-likeness (QED) is 0.672. The molecule has 2 fully saturated rings. The molecule has 1 aromatic rings. The van der Waals surface area contributed by atoms with Crippen LogP contribution in [0.15, 0.2) is 36.5 Å². The van der Waals surface area contributed by atoms with Gasteiger partial charge in [-0.2, -0.15) is 0 Å². The summed E-state index contributed by atoms with van der Waals surface area (Å²) in [4.78, 5) is 42.5. The Hall–Kier alpha value is -2.50. The van der Waals surface area contributed by atoms with Crippen molar-refractivity contribution in [1.29, 1.82) is 0 Å². The number of carbonyl (C=O) groups excluding carboxylic acids is 3. The molecule has 6 heteroatoms. The van der Waals surface area contributed by atoms with Crippen LogP contribution in [0.2, 0.25) is 0 Å². The minimum absolute atomic E-state index is 0.144. The summed E-state index contributed by atoms with van der Waals surface area (Å²) in [6.45, 7) is -0.235. The van der Waals surface area contributed by atoms with Gasteiger partial charge in [0.2, 0.25) is 17.7 Å². The molecule has 0 spiro atoms. The number of nitrogens with one attached hydrogen (secondary N) is 1. The van der Waals surface area contributed by atoms with Crippen molar-refractivity contribution in [3.63, 3.8) is 0 Å². The van der Waals surface area contributed by atoms with E-state index >= 15 is 0 Å². The van der Waals surface area contributed by atoms with E-state index in [-0.39, 0.29) is 42.0 Å². The maximum absolute atomic E-state index is 12.6. The fourth-order valence-corrected chi connectivity index (χ4v) is 4.05. The van der Waals surface area contributed by atoms with Crippen molar-refractivity contribution in [3.8, 4) is 0 Å². The zero-order chi connectivity index (χ0) is 16.0. The molecule has 4 unspecified atom stereocenters. The number of rotatable bonds is 3. The number of allylic oxidation sites excluding steroid dienone is 2. The van der Waals surface area contributed by atoms with Crippen molar-refractivity contribution in [3.05, 3.63) is 36.5 Å². The molecule has 1 saturated carbocycles. The Morgan fingerprint density at radius 1 is 1.13 bits per heavy atom. The highest BCUT2D eigenvalue weighted by Gasteiger charge is 2.56. The van der Waals surface area contributed by atoms with E-state index in [1.54, 1.807) is 24.4 Å². The Balaban J connectivity index is 1.49. The molecule has 1 saturated heterocycles. The molecular weight excluding hydrogens is 294 g/mol. The van der Waals surface area contributed by atoms with Gasteiger partial charge in [-0.05, 0) is 36.8 Å². The standard InChI is InChI=1S/C17H17N3O3/c21-13(19-12-3-1-2-8-18-12)9-20-16(22)14-10-4-5-11(7-6-10)15(14)17(20)23/h1-5,8,10-11,14-15H,6-7,9H2,(H,18,19,21). The molecule has 5 rings (SSSR count). The number of carbonyl (C=O) groups is 3. The zero-order valence-electron chi connectivity index (χ0n) is 12.5. The topological polar surface area (TPSA) is 79.4 Å². The van der Waals surface area contributed by atoms with Gasteiger partial charge in [0.05, 0.1) is 11.8 Å². The first kappa shape index (κ1) is 14.1. The Bertz CT molecular complexity index is 668. The van der Waals surface area contributed by atoms with E-state index in [2.05, 4.69) is 22.5 Å². The number of anilines is 1. The van der Waals surface area contributed by atoms with Crippen LogP contribution in [0, 0.1) is 23.7 Å². The van der Waals surface area contributed by atoms with Crippen molar-refractivity contribution in [1.82, 2.24) is 9.88 Å². The number of hydrogen-bond acceptors (Lipinski definition) is 4. The fraction of sp³-hybridized carbons (Fsp3) is 0.412. The smallest absolute Gasteiger partial charge is 0.245 e. The molecule has 2 bridgehead atoms. The number of likely N-dealkylation sites (tertiary alicyclic amines) is 1. The van der Waals surface area contributed by atoms with Crippen LogP contribution < -0.4 is 5.32 Å². The number of amides is 3. The highest BCUT2D eigenvalue weighted by Crippen LogP contribution is 2.49. The molecule has 2 heterocycles. The Morgan fingerprint density at radius 3 is 2.30 bits per heavy atom. The highest BCUT2D eigenvalue weighted by atomic mass is 16.2. The van der Waals surface area contributed by atoms with Gasteiger partial charge in [0, 0.05) is 6.20 Å². The van der Waals surface area contributed by atoms with E-state index in [0.717, 1.165) is 17.7 Å². The first-order valence-corrected chi connectivity index (χ1v) is 7.89. The third kappa shape index (κ3) is 2.25. The van der Waals surface area contributed by atoms with Crippen molar-refractivity contribution in [2.45, 2.75) is 12.8 Å². The summed E-state index contributed by atoms with van der Waals surface area (Å²) in [6.07, 6.45) is 7.61. The second-order valence-electron chi connectivity index (χ2n) is 6.37. The van der Waals surface area contributed by atoms with Gasteiger partial charge >= 0.3 is 0 Å². The van der Waals surface area contributed by atoms with E-state index < -0.39 is 5.91 Å². The number of pyridine rings is 1. The summed E-state index contributed by atoms with van der Waals surface area (Å²) in [5, 5.41) is 2.62. The first-order chi connectivity index (χ1) is 11.1. The minimum atomic E-state index is -0.399. The molecule has 3 amide bonds. The van der Waals surface area contributed by atoms with Crippen molar-refractivity contribution >= 4 is 23.5 Å². The van der Waals surface area contributed by atoms with Crippen molar-refractivity contribution in [2.75, 3.05) is 11.9 Å². The molecule has 3 aliphatic carbocycles. The predicted molar refractivity (Wildman–Crippen MR) is 81.9 cm³/mol. The summed E-state index contributed by atoms with van der Waals surface area (Å²) >= 11 is 0. The van der Waals surface area contributed by atoms with Gasteiger partial charge in [0.25, 0.3) is 0 Å². The van der Waals surface area contributed by atoms with Gasteiger partial charge in [-0.3, -0.25) is 19.3 Å². The lowest BCUT2D eigenvalue weighted by Gasteiger charge is -2.38. The number of fused-ring (bicyclic) bond motifs is 1. The van der Waals surface area contributed by atoms with Gasteiger partial charge in [-0.1, -0.05) is 18.2 Å². The Kier molecular flexibility index (Phi) is 3.25. The van der Waals surface area contributed by atoms with Crippen LogP contribution in [0.3, 0.4) is 0 Å². The average molecular weight is 311 g/mol. The Morgan fingerprint density at radius 2 is 1.78 bits per heavy atom. The molecule has 4 atom stereocenters. The molecular formula is C17H17N3O3. The van der Waals surface area contributed by atoms with Gasteiger partial charge in [-0.25, -0.2) is 4.98 Å². The Labute approximate surface area is 133 Å². The maximum Gasteiger partial charge on any atom is 0.245 e. The van der Waals surface area contributed by atoms with Gasteiger partial charge < -0.3 is 5.32 Å². The number of imide groups is 1. The monoisotopic (exact) mass is 311 g/mol. The third-order valence-corrected chi connectivity index (χ3v) is 5.08. The van der Waals surface area contributed by atoms with Crippen LogP contribution in [0.1, 0.15) is 12.8 Å². The molecule has 4 aliphatic rings. The van der Waals surface area contributed by atoms with Gasteiger partial charge in [0.1, 0.15) is 12.4 Å². The maximum atomic E-state index is 12.6. The summed E-state index contributed by atoms with van der Waals surface area (Å²) in [5.74, 6) is -0.635. The van der Waals surface area contributed by atoms with E-state index in [1.165, 1.54) is 0 Å². The number of nitrogens with zero attached hydrogens (tertiary/aromatic N) is 2. The SMILES string of the molecule is O=C(CN1C(=O)C2C3C=CC(CC3)C2C1=O)Nc1ccccn1. The van der Waals surface area contributed by atoms with Crippen molar-refractivity contribution in [2.24, 2.45) is 23.7 Å². The number of aromatic nitrogens is 1. The van der Waals surface area contributed by atoms with E-state index in [4.69, 9.17) is 0 Å². The van der Waals surface area contributed by atoms with E-state index in [1.807, 2.05) is 0 Å². The fourth-order valence-electron chi connectivity index (χ4n) is 4.05. The van der Waals surface area contributed by atoms with Crippen LogP contribution in [0.25, 0.3) is 0 Å². The lowest BCUT2D eigenvalue weighted by atomic mass is 9.63. The van der Waals surface area contributed by atoms with Gasteiger partial charge in [-0.15, -0.1) is 0 Å². The lowest BCUT2D eigenvalue weighted by molar-refractivity contribution is -0.142. The van der Waals surface area contributed by atoms with Crippen LogP contribution >= 0.6 is 0 Å². The summed E-state index contributed by atoms with van der Waals surface area (Å²) < 4.78 is 0. The van der Waals surface area contributed by atoms with Gasteiger partial charge in [0.15, 0.2) is 0 Å². The number of hydrogen-bond donors (Lipinski definition) is 1. The highest BCUT2D eigenvalue weighted by molar-refractivity contribution is 6.09. The zero-order valence-corrected chi connectivity index (χ0v) is 12.5. The van der Waals surface area contributed by atoms with Crippen LogP contribution in [0.5, 0.6) is 0 Å². The molecule has 1 N–H and O–H groups in total. The molecule has 0 radical (unpaired) electrons. The second kappa shape index (κ2) is 5.30. The van der Waals surface area contributed by atoms with Crippen LogP contribution in [-0.4, -0.2) is 34.2 Å². The average Bonchev–Trinajstić information content (AvgIpc) is 2.84. The van der Waals surface area contributed by atoms with E-state index in [0.29, 0.717) is 5.82 Å². The van der Waals surface area contributed by atoms with Crippen molar-refractivity contribution < 1.29 is 14.4 Å². The second-order valence-corrected chi connectivity index (χ2v) is 6.37. The normalized spacial score (nSPS) is 31.4. The summed E-state index contributed by atoms with van der Waals surface area (Å²) in [6, 6.07) is 5.17. The predicted octanol–water partition coefficient (Wildman–Crippen LogP) is 1.22. The molecule has 118 valence electrons. The van der Waals surface area contributed by atoms with Crippen LogP contribution in [0.4, 0.5) is 5.82 Å². The lowest BCUT2D eigenvalue weighted by Crippen LogP contribution is -2.38. The van der Waals surface area contributed by atoms with E-state index in [9.17, 15) is 14.4 Å². The molecule has 1 aromatic heterocycles.